The van der Waals surface area contributed by atoms with Crippen LogP contribution in [0.25, 0.3) is 20.3 Å². The lowest BCUT2D eigenvalue weighted by Gasteiger charge is -2.14. The summed E-state index contributed by atoms with van der Waals surface area (Å²) in [4.78, 5) is 4.66. The van der Waals surface area contributed by atoms with Crippen LogP contribution >= 0.6 is 38.6 Å². The maximum absolute atomic E-state index is 6.17. The van der Waals surface area contributed by atoms with E-state index in [9.17, 15) is 0 Å². The number of aromatic nitrogens is 1. The van der Waals surface area contributed by atoms with E-state index in [1.54, 1.807) is 22.7 Å². The number of hydrogen-bond acceptors (Lipinski definition) is 4. The molecule has 0 saturated heterocycles. The van der Waals surface area contributed by atoms with E-state index >= 15 is 0 Å². The van der Waals surface area contributed by atoms with Crippen molar-refractivity contribution in [3.05, 3.63) is 22.5 Å². The summed E-state index contributed by atoms with van der Waals surface area (Å²) in [5, 5.41) is 5.49. The summed E-state index contributed by atoms with van der Waals surface area (Å²) in [6, 6.07) is 4.32. The van der Waals surface area contributed by atoms with E-state index in [1.807, 2.05) is 0 Å². The molecule has 2 nitrogen and oxygen atoms in total. The van der Waals surface area contributed by atoms with Crippen LogP contribution in [-0.4, -0.2) is 16.9 Å². The first-order chi connectivity index (χ1) is 9.71. The quantitative estimate of drug-likeness (QED) is 0.578. The molecule has 1 aromatic carbocycles. The van der Waals surface area contributed by atoms with Crippen molar-refractivity contribution in [3.8, 4) is 5.75 Å². The summed E-state index contributed by atoms with van der Waals surface area (Å²) in [5.41, 5.74) is 1.51. The number of fused-ring (bicyclic) bond motifs is 3. The van der Waals surface area contributed by atoms with Gasteiger partial charge in [-0.1, -0.05) is 15.9 Å². The fourth-order valence-electron chi connectivity index (χ4n) is 2.43. The molecule has 0 bridgehead atoms. The van der Waals surface area contributed by atoms with Gasteiger partial charge in [-0.25, -0.2) is 4.98 Å². The van der Waals surface area contributed by atoms with Gasteiger partial charge in [-0.2, -0.15) is 0 Å². The van der Waals surface area contributed by atoms with Gasteiger partial charge in [-0.3, -0.25) is 0 Å². The number of hydrogen-bond donors (Lipinski definition) is 0. The van der Waals surface area contributed by atoms with Crippen molar-refractivity contribution in [2.24, 2.45) is 5.41 Å². The predicted molar refractivity (Wildman–Crippen MR) is 90.7 cm³/mol. The lowest BCUT2D eigenvalue weighted by Crippen LogP contribution is -2.14. The molecular formula is C15H14BrNOS2. The van der Waals surface area contributed by atoms with Gasteiger partial charge in [0.15, 0.2) is 0 Å². The van der Waals surface area contributed by atoms with Gasteiger partial charge in [0.25, 0.3) is 0 Å². The average molecular weight is 368 g/mol. The Morgan fingerprint density at radius 2 is 2.30 bits per heavy atom. The number of thiophene rings is 1. The number of nitrogens with zero attached hydrogens (tertiary/aromatic N) is 1. The number of alkyl halides is 1. The van der Waals surface area contributed by atoms with Crippen LogP contribution in [0.4, 0.5) is 0 Å². The van der Waals surface area contributed by atoms with Gasteiger partial charge in [-0.15, -0.1) is 22.7 Å². The van der Waals surface area contributed by atoms with E-state index in [0.29, 0.717) is 5.41 Å². The lowest BCUT2D eigenvalue weighted by atomic mass is 10.1. The number of rotatable bonds is 4. The van der Waals surface area contributed by atoms with E-state index in [0.717, 1.165) is 28.2 Å². The molecule has 3 aromatic rings. The Labute approximate surface area is 133 Å². The normalized spacial score (nSPS) is 16.9. The third-order valence-electron chi connectivity index (χ3n) is 3.94. The number of halogens is 1. The minimum absolute atomic E-state index is 0.376. The molecule has 0 N–H and O–H groups in total. The minimum Gasteiger partial charge on any atom is -0.492 e. The van der Waals surface area contributed by atoms with Crippen LogP contribution in [0.2, 0.25) is 0 Å². The van der Waals surface area contributed by atoms with Gasteiger partial charge in [0.1, 0.15) is 5.75 Å². The molecule has 1 aliphatic rings. The van der Waals surface area contributed by atoms with Crippen molar-refractivity contribution in [3.63, 3.8) is 0 Å². The molecule has 0 unspecified atom stereocenters. The first kappa shape index (κ1) is 13.0. The molecular weight excluding hydrogens is 354 g/mol. The van der Waals surface area contributed by atoms with Crippen LogP contribution in [0, 0.1) is 12.3 Å². The number of aryl methyl sites for hydroxylation is 1. The lowest BCUT2D eigenvalue weighted by molar-refractivity contribution is 0.254. The molecule has 1 saturated carbocycles. The zero-order chi connectivity index (χ0) is 13.7. The van der Waals surface area contributed by atoms with Gasteiger partial charge in [0, 0.05) is 22.2 Å². The van der Waals surface area contributed by atoms with Gasteiger partial charge in [0.05, 0.1) is 26.5 Å². The Balaban J connectivity index is 1.78. The van der Waals surface area contributed by atoms with E-state index in [1.165, 1.54) is 27.6 Å². The Morgan fingerprint density at radius 3 is 3.05 bits per heavy atom. The zero-order valence-corrected chi connectivity index (χ0v) is 14.3. The summed E-state index contributed by atoms with van der Waals surface area (Å²) in [6.07, 6.45) is 2.54. The summed E-state index contributed by atoms with van der Waals surface area (Å²) in [7, 11) is 0. The largest absolute Gasteiger partial charge is 0.492 e. The summed E-state index contributed by atoms with van der Waals surface area (Å²) >= 11 is 7.11. The third-order valence-corrected chi connectivity index (χ3v) is 6.97. The number of thiazole rings is 1. The van der Waals surface area contributed by atoms with Crippen LogP contribution in [0.1, 0.15) is 17.8 Å². The van der Waals surface area contributed by atoms with Gasteiger partial charge < -0.3 is 4.74 Å². The first-order valence-electron chi connectivity index (χ1n) is 6.67. The average Bonchev–Trinajstić information content (AvgIpc) is 2.88. The van der Waals surface area contributed by atoms with Crippen LogP contribution in [0.5, 0.6) is 5.75 Å². The summed E-state index contributed by atoms with van der Waals surface area (Å²) in [5.74, 6) is 1.02. The first-order valence-corrected chi connectivity index (χ1v) is 9.49. The highest BCUT2D eigenvalue weighted by Gasteiger charge is 2.42. The topological polar surface area (TPSA) is 22.1 Å². The van der Waals surface area contributed by atoms with Crippen molar-refractivity contribution in [2.75, 3.05) is 11.9 Å². The highest BCUT2D eigenvalue weighted by atomic mass is 79.9. The van der Waals surface area contributed by atoms with Gasteiger partial charge in [-0.05, 0) is 31.2 Å². The summed E-state index contributed by atoms with van der Waals surface area (Å²) < 4.78 is 8.66. The zero-order valence-electron chi connectivity index (χ0n) is 11.1. The summed E-state index contributed by atoms with van der Waals surface area (Å²) in [6.45, 7) is 2.88. The fraction of sp³-hybridized carbons (Fsp3) is 0.400. The molecule has 0 aliphatic heterocycles. The monoisotopic (exact) mass is 367 g/mol. The molecule has 2 heterocycles. The van der Waals surface area contributed by atoms with Crippen LogP contribution in [-0.2, 0) is 0 Å². The molecule has 2 aromatic heterocycles. The second-order valence-electron chi connectivity index (χ2n) is 5.54. The minimum atomic E-state index is 0.376. The second kappa shape index (κ2) is 4.68. The van der Waals surface area contributed by atoms with E-state index in [4.69, 9.17) is 4.74 Å². The van der Waals surface area contributed by atoms with Crippen molar-refractivity contribution in [2.45, 2.75) is 19.8 Å². The molecule has 0 amide bonds. The van der Waals surface area contributed by atoms with Crippen molar-refractivity contribution >= 4 is 58.9 Å². The molecule has 0 spiro atoms. The van der Waals surface area contributed by atoms with Gasteiger partial charge in [0.2, 0.25) is 0 Å². The standard InChI is InChI=1S/C15H14BrNOS2/c1-9-17-13-12(20-9)6-11(10-2-5-19-14(10)13)18-8-15(7-16)3-4-15/h2,5-6H,3-4,7-8H2,1H3. The van der Waals surface area contributed by atoms with Crippen LogP contribution < -0.4 is 4.74 Å². The Morgan fingerprint density at radius 1 is 1.45 bits per heavy atom. The predicted octanol–water partition coefficient (Wildman–Crippen LogP) is 5.37. The SMILES string of the molecule is Cc1nc2c(cc(OCC3(CBr)CC3)c3ccsc32)s1. The Hall–Kier alpha value is -0.650. The maximum Gasteiger partial charge on any atom is 0.129 e. The molecule has 20 heavy (non-hydrogen) atoms. The number of benzene rings is 1. The van der Waals surface area contributed by atoms with Gasteiger partial charge >= 0.3 is 0 Å². The van der Waals surface area contributed by atoms with Crippen LogP contribution in [0.15, 0.2) is 17.5 Å². The smallest absolute Gasteiger partial charge is 0.129 e. The highest BCUT2D eigenvalue weighted by molar-refractivity contribution is 9.09. The van der Waals surface area contributed by atoms with E-state index in [-0.39, 0.29) is 0 Å². The molecule has 104 valence electrons. The molecule has 0 radical (unpaired) electrons. The van der Waals surface area contributed by atoms with E-state index in [2.05, 4.69) is 45.4 Å². The molecule has 0 atom stereocenters. The molecule has 1 fully saturated rings. The molecule has 1 aliphatic carbocycles. The molecule has 5 heteroatoms. The van der Waals surface area contributed by atoms with Crippen molar-refractivity contribution in [1.82, 2.24) is 4.98 Å². The van der Waals surface area contributed by atoms with E-state index < -0.39 is 0 Å². The fourth-order valence-corrected chi connectivity index (χ4v) is 4.99. The van der Waals surface area contributed by atoms with Crippen molar-refractivity contribution in [1.29, 1.82) is 0 Å². The Kier molecular flexibility index (Phi) is 3.05. The highest BCUT2D eigenvalue weighted by Crippen LogP contribution is 2.48. The van der Waals surface area contributed by atoms with Crippen LogP contribution in [0.3, 0.4) is 0 Å². The number of ether oxygens (including phenoxy) is 1. The maximum atomic E-state index is 6.17. The second-order valence-corrected chi connectivity index (χ2v) is 8.25. The molecule has 4 rings (SSSR count). The Bertz CT molecular complexity index is 788. The van der Waals surface area contributed by atoms with Crippen molar-refractivity contribution < 1.29 is 4.74 Å². The third kappa shape index (κ3) is 2.07.